The maximum Gasteiger partial charge on any atom is 0.164 e. The van der Waals surface area contributed by atoms with Crippen molar-refractivity contribution in [3.8, 4) is 135 Å². The van der Waals surface area contributed by atoms with Crippen molar-refractivity contribution in [1.82, 2.24) is 44.9 Å². The van der Waals surface area contributed by atoms with Gasteiger partial charge in [-0.2, -0.15) is 0 Å². The minimum atomic E-state index is -0.0822. The zero-order valence-corrected chi connectivity index (χ0v) is 58.4. The van der Waals surface area contributed by atoms with Crippen molar-refractivity contribution in [2.75, 3.05) is 0 Å². The molecule has 0 fully saturated rings. The molecule has 0 aliphatic carbocycles. The standard InChI is InChI=1S/C50H38N4.C46H31N5/c1-50(2,3)46-29-27-37-26-28-41-42(31-43(34-14-7-4-8-15-34)51-48(41)47(37)54-46)40-21-13-20-39(30-40)33-22-24-38(25-23-33)49-52-44(35-16-9-5-10-17-35)32-45(53-49)36-18-11-6-12-19-36;1-30-20-21-33-26-27-39-40(29-41(32-12-5-2-6-13-32)48-43(39)42(33)47-30)38-19-11-18-37(28-38)31-22-24-36(25-23-31)46-50-44(34-14-7-3-8-15-34)49-45(51-46)35-16-9-4-10-17-35/h4-32H,1-3H3;2-29H,1H3. The summed E-state index contributed by atoms with van der Waals surface area (Å²) in [5, 5.41) is 4.32. The van der Waals surface area contributed by atoms with Crippen molar-refractivity contribution < 1.29 is 0 Å². The molecule has 0 atom stereocenters. The molecule has 9 nitrogen and oxygen atoms in total. The smallest absolute Gasteiger partial charge is 0.164 e. The third-order valence-corrected chi connectivity index (χ3v) is 19.2. The number of benzene rings is 12. The number of hydrogen-bond acceptors (Lipinski definition) is 9. The molecule has 0 bridgehead atoms. The molecule has 105 heavy (non-hydrogen) atoms. The fourth-order valence-electron chi connectivity index (χ4n) is 13.6. The molecule has 0 spiro atoms. The van der Waals surface area contributed by atoms with Crippen LogP contribution < -0.4 is 0 Å². The molecule has 12 aromatic carbocycles. The summed E-state index contributed by atoms with van der Waals surface area (Å²) in [7, 11) is 0. The highest BCUT2D eigenvalue weighted by molar-refractivity contribution is 6.11. The van der Waals surface area contributed by atoms with Gasteiger partial charge in [-0.05, 0) is 93.9 Å². The summed E-state index contributed by atoms with van der Waals surface area (Å²) in [6, 6.07) is 120. The van der Waals surface area contributed by atoms with Crippen LogP contribution in [0.15, 0.2) is 346 Å². The molecule has 498 valence electrons. The normalized spacial score (nSPS) is 11.4. The maximum atomic E-state index is 5.28. The summed E-state index contributed by atoms with van der Waals surface area (Å²) in [6.45, 7) is 8.64. The van der Waals surface area contributed by atoms with Crippen LogP contribution in [0.3, 0.4) is 0 Å². The largest absolute Gasteiger partial charge is 0.251 e. The van der Waals surface area contributed by atoms with Crippen molar-refractivity contribution in [3.63, 3.8) is 0 Å². The number of nitrogens with zero attached hydrogens (tertiary/aromatic N) is 9. The average molecular weight is 1350 g/mol. The SMILES string of the molecule is CC(C)(C)c1ccc2ccc3c(-c4cccc(-c5ccc(-c6nc(-c7ccccc7)cc(-c7ccccc7)n6)cc5)c4)cc(-c4ccccc4)nc3c2n1.Cc1ccc2ccc3c(-c4cccc(-c5ccc(-c6nc(-c7ccccc7)nc(-c7ccccc7)n6)cc5)c4)cc(-c4ccccc4)nc3c2n1. The minimum absolute atomic E-state index is 0.0822. The second-order valence-electron chi connectivity index (χ2n) is 27.4. The third-order valence-electron chi connectivity index (χ3n) is 19.2. The molecule has 0 saturated heterocycles. The Hall–Kier alpha value is -13.6. The highest BCUT2D eigenvalue weighted by Gasteiger charge is 2.21. The van der Waals surface area contributed by atoms with Crippen molar-refractivity contribution in [2.45, 2.75) is 33.1 Å². The van der Waals surface area contributed by atoms with Gasteiger partial charge in [0, 0.05) is 82.9 Å². The molecule has 0 aliphatic heterocycles. The van der Waals surface area contributed by atoms with Gasteiger partial charge in [0.1, 0.15) is 0 Å². The molecule has 0 amide bonds. The first-order chi connectivity index (χ1) is 51.5. The topological polar surface area (TPSA) is 116 Å². The van der Waals surface area contributed by atoms with Gasteiger partial charge in [0.2, 0.25) is 0 Å². The average Bonchev–Trinajstić information content (AvgIpc) is 0.750. The van der Waals surface area contributed by atoms with Crippen LogP contribution in [0.1, 0.15) is 32.2 Å². The van der Waals surface area contributed by atoms with Gasteiger partial charge in [0.05, 0.1) is 44.8 Å². The number of rotatable bonds is 12. The van der Waals surface area contributed by atoms with Gasteiger partial charge in [-0.1, -0.05) is 324 Å². The van der Waals surface area contributed by atoms with E-state index in [-0.39, 0.29) is 5.41 Å². The van der Waals surface area contributed by atoms with Crippen molar-refractivity contribution in [3.05, 3.63) is 357 Å². The highest BCUT2D eigenvalue weighted by Crippen LogP contribution is 2.41. The fraction of sp³-hybridized carbons (Fsp3) is 0.0521. The lowest BCUT2D eigenvalue weighted by Gasteiger charge is -2.19. The van der Waals surface area contributed by atoms with Gasteiger partial charge in [-0.3, -0.25) is 4.98 Å². The Bertz CT molecular complexity index is 6100. The summed E-state index contributed by atoms with van der Waals surface area (Å²) < 4.78 is 0. The van der Waals surface area contributed by atoms with E-state index in [9.17, 15) is 0 Å². The van der Waals surface area contributed by atoms with Gasteiger partial charge in [0.25, 0.3) is 0 Å². The second kappa shape index (κ2) is 28.1. The van der Waals surface area contributed by atoms with Crippen LogP contribution in [0.4, 0.5) is 0 Å². The van der Waals surface area contributed by atoms with Crippen LogP contribution >= 0.6 is 0 Å². The van der Waals surface area contributed by atoms with E-state index in [0.717, 1.165) is 167 Å². The Balaban J connectivity index is 0.000000155. The van der Waals surface area contributed by atoms with E-state index in [4.69, 9.17) is 44.9 Å². The molecule has 0 aliphatic rings. The second-order valence-corrected chi connectivity index (χ2v) is 27.4. The molecule has 9 heteroatoms. The van der Waals surface area contributed by atoms with E-state index in [2.05, 4.69) is 257 Å². The molecule has 0 unspecified atom stereocenters. The number of pyridine rings is 4. The lowest BCUT2D eigenvalue weighted by atomic mass is 9.90. The number of aromatic nitrogens is 9. The maximum absolute atomic E-state index is 5.28. The fourth-order valence-corrected chi connectivity index (χ4v) is 13.6. The Morgan fingerprint density at radius 2 is 0.505 bits per heavy atom. The Morgan fingerprint density at radius 3 is 0.895 bits per heavy atom. The molecule has 0 saturated carbocycles. The first kappa shape index (κ1) is 64.7. The summed E-state index contributed by atoms with van der Waals surface area (Å²) in [6.07, 6.45) is 0. The Labute approximate surface area is 610 Å². The zero-order chi connectivity index (χ0) is 70.8. The van der Waals surface area contributed by atoms with Crippen LogP contribution in [0.25, 0.3) is 179 Å². The Kier molecular flexibility index (Phi) is 17.3. The van der Waals surface area contributed by atoms with Crippen LogP contribution in [-0.2, 0) is 5.41 Å². The van der Waals surface area contributed by atoms with Gasteiger partial charge in [-0.25, -0.2) is 39.9 Å². The monoisotopic (exact) mass is 1350 g/mol. The van der Waals surface area contributed by atoms with Gasteiger partial charge >= 0.3 is 0 Å². The van der Waals surface area contributed by atoms with Gasteiger partial charge in [-0.15, -0.1) is 0 Å². The van der Waals surface area contributed by atoms with E-state index < -0.39 is 0 Å². The third kappa shape index (κ3) is 13.5. The predicted molar refractivity (Wildman–Crippen MR) is 432 cm³/mol. The molecule has 6 heterocycles. The van der Waals surface area contributed by atoms with Crippen LogP contribution in [-0.4, -0.2) is 44.9 Å². The first-order valence-corrected chi connectivity index (χ1v) is 35.4. The van der Waals surface area contributed by atoms with Gasteiger partial charge in [0.15, 0.2) is 23.3 Å². The summed E-state index contributed by atoms with van der Waals surface area (Å²) in [5.74, 6) is 2.63. The lowest BCUT2D eigenvalue weighted by Crippen LogP contribution is -2.13. The van der Waals surface area contributed by atoms with E-state index >= 15 is 0 Å². The molecular weight excluding hydrogens is 1280 g/mol. The zero-order valence-electron chi connectivity index (χ0n) is 58.4. The molecule has 0 radical (unpaired) electrons. The first-order valence-electron chi connectivity index (χ1n) is 35.4. The number of fused-ring (bicyclic) bond motifs is 6. The van der Waals surface area contributed by atoms with Crippen LogP contribution in [0, 0.1) is 6.92 Å². The van der Waals surface area contributed by atoms with E-state index in [1.807, 2.05) is 116 Å². The summed E-state index contributed by atoms with van der Waals surface area (Å²) >= 11 is 0. The minimum Gasteiger partial charge on any atom is -0.251 e. The lowest BCUT2D eigenvalue weighted by molar-refractivity contribution is 0.571. The predicted octanol–water partition coefficient (Wildman–Crippen LogP) is 24.2. The molecule has 6 aromatic heterocycles. The summed E-state index contributed by atoms with van der Waals surface area (Å²) in [5.41, 5.74) is 26.3. The molecule has 0 N–H and O–H groups in total. The van der Waals surface area contributed by atoms with Crippen LogP contribution in [0.2, 0.25) is 0 Å². The van der Waals surface area contributed by atoms with Crippen molar-refractivity contribution >= 4 is 43.6 Å². The quantitative estimate of drug-likeness (QED) is 0.110. The highest BCUT2D eigenvalue weighted by atomic mass is 15.0. The molecular formula is C96H69N9. The summed E-state index contributed by atoms with van der Waals surface area (Å²) in [4.78, 5) is 45.4. The Morgan fingerprint density at radius 1 is 0.200 bits per heavy atom. The van der Waals surface area contributed by atoms with E-state index in [1.54, 1.807) is 0 Å². The van der Waals surface area contributed by atoms with E-state index in [0.29, 0.717) is 23.3 Å². The van der Waals surface area contributed by atoms with Crippen molar-refractivity contribution in [2.24, 2.45) is 0 Å². The number of aryl methyl sites for hydroxylation is 1. The van der Waals surface area contributed by atoms with E-state index in [1.165, 1.54) is 0 Å². The van der Waals surface area contributed by atoms with Crippen molar-refractivity contribution in [1.29, 1.82) is 0 Å². The van der Waals surface area contributed by atoms with Gasteiger partial charge < -0.3 is 0 Å². The number of hydrogen-bond donors (Lipinski definition) is 0. The molecule has 18 aromatic rings. The molecule has 18 rings (SSSR count). The van der Waals surface area contributed by atoms with Crippen LogP contribution in [0.5, 0.6) is 0 Å².